The molecule has 0 atom stereocenters. The summed E-state index contributed by atoms with van der Waals surface area (Å²) in [5.41, 5.74) is 2.50. The van der Waals surface area contributed by atoms with E-state index < -0.39 is 0 Å². The Hall–Kier alpha value is -1.46. The third kappa shape index (κ3) is 3.05. The van der Waals surface area contributed by atoms with Crippen LogP contribution in [0.3, 0.4) is 0 Å². The number of rotatable bonds is 5. The molecule has 1 aromatic rings. The highest BCUT2D eigenvalue weighted by molar-refractivity contribution is 5.45. The number of terminal acetylenes is 1. The molecular weight excluding hydrogens is 222 g/mol. The van der Waals surface area contributed by atoms with Crippen LogP contribution in [0.4, 0.5) is 0 Å². The minimum atomic E-state index is -0.0676. The van der Waals surface area contributed by atoms with Crippen LogP contribution in [0.1, 0.15) is 37.8 Å². The van der Waals surface area contributed by atoms with E-state index in [0.717, 1.165) is 38.1 Å². The van der Waals surface area contributed by atoms with Gasteiger partial charge in [-0.2, -0.15) is 0 Å². The number of unbranched alkanes of at least 4 members (excludes halogenated alkanes) is 1. The second kappa shape index (κ2) is 5.46. The summed E-state index contributed by atoms with van der Waals surface area (Å²) in [7, 11) is 0. The van der Waals surface area contributed by atoms with Crippen LogP contribution in [-0.4, -0.2) is 12.1 Å². The molecule has 1 N–H and O–H groups in total. The Balaban J connectivity index is 1.95. The number of nitrogens with one attached hydrogen (secondary N) is 1. The summed E-state index contributed by atoms with van der Waals surface area (Å²) in [5.74, 6) is 3.73. The quantitative estimate of drug-likeness (QED) is 0.634. The molecule has 0 aliphatic carbocycles. The molecule has 0 saturated heterocycles. The third-order valence-corrected chi connectivity index (χ3v) is 3.16. The summed E-state index contributed by atoms with van der Waals surface area (Å²) in [6.07, 6.45) is 8.08. The van der Waals surface area contributed by atoms with E-state index in [0.29, 0.717) is 0 Å². The zero-order valence-electron chi connectivity index (χ0n) is 11.3. The average Bonchev–Trinajstić information content (AvgIpc) is 2.63. The van der Waals surface area contributed by atoms with E-state index in [9.17, 15) is 0 Å². The van der Waals surface area contributed by atoms with Crippen molar-refractivity contribution in [1.82, 2.24) is 5.32 Å². The van der Waals surface area contributed by atoms with E-state index in [1.807, 2.05) is 0 Å². The normalized spacial score (nSPS) is 15.8. The van der Waals surface area contributed by atoms with Crippen molar-refractivity contribution >= 4 is 0 Å². The fraction of sp³-hybridized carbons (Fsp3) is 0.500. The lowest BCUT2D eigenvalue weighted by Gasteiger charge is -2.18. The van der Waals surface area contributed by atoms with Gasteiger partial charge in [-0.25, -0.2) is 0 Å². The van der Waals surface area contributed by atoms with Gasteiger partial charge in [-0.3, -0.25) is 0 Å². The van der Waals surface area contributed by atoms with E-state index >= 15 is 0 Å². The molecule has 0 saturated carbocycles. The first-order valence-corrected chi connectivity index (χ1v) is 6.56. The number of benzene rings is 1. The fourth-order valence-electron chi connectivity index (χ4n) is 2.36. The van der Waals surface area contributed by atoms with Gasteiger partial charge >= 0.3 is 0 Å². The molecule has 2 nitrogen and oxygen atoms in total. The summed E-state index contributed by atoms with van der Waals surface area (Å²) in [4.78, 5) is 0. The maximum Gasteiger partial charge on any atom is 0.127 e. The lowest BCUT2D eigenvalue weighted by Crippen LogP contribution is -2.25. The van der Waals surface area contributed by atoms with Crippen molar-refractivity contribution in [1.29, 1.82) is 0 Å². The van der Waals surface area contributed by atoms with Gasteiger partial charge in [-0.05, 0) is 32.4 Å². The van der Waals surface area contributed by atoms with Crippen LogP contribution >= 0.6 is 0 Å². The van der Waals surface area contributed by atoms with Gasteiger partial charge in [-0.1, -0.05) is 18.2 Å². The van der Waals surface area contributed by atoms with Crippen molar-refractivity contribution in [3.8, 4) is 18.1 Å². The maximum absolute atomic E-state index is 6.03. The summed E-state index contributed by atoms with van der Waals surface area (Å²) in [5, 5.41) is 3.42. The van der Waals surface area contributed by atoms with Crippen LogP contribution in [0.5, 0.6) is 5.75 Å². The highest BCUT2D eigenvalue weighted by atomic mass is 16.5. The number of fused-ring (bicyclic) bond motifs is 1. The molecule has 96 valence electrons. The van der Waals surface area contributed by atoms with Crippen molar-refractivity contribution in [2.24, 2.45) is 0 Å². The molecule has 0 aromatic heterocycles. The molecule has 2 heteroatoms. The Morgan fingerprint density at radius 1 is 1.44 bits per heavy atom. The summed E-state index contributed by atoms with van der Waals surface area (Å²) in [6.45, 7) is 6.08. The van der Waals surface area contributed by atoms with Crippen molar-refractivity contribution in [2.45, 2.75) is 45.3 Å². The van der Waals surface area contributed by atoms with Gasteiger partial charge in [0.1, 0.15) is 11.4 Å². The van der Waals surface area contributed by atoms with Crippen molar-refractivity contribution in [3.05, 3.63) is 29.3 Å². The predicted octanol–water partition coefficient (Wildman–Crippen LogP) is 2.90. The van der Waals surface area contributed by atoms with Crippen LogP contribution in [-0.2, 0) is 13.0 Å². The maximum atomic E-state index is 6.03. The molecule has 1 aliphatic heterocycles. The Bertz CT molecular complexity index is 457. The topological polar surface area (TPSA) is 21.3 Å². The third-order valence-electron chi connectivity index (χ3n) is 3.16. The predicted molar refractivity (Wildman–Crippen MR) is 74.6 cm³/mol. The van der Waals surface area contributed by atoms with Crippen LogP contribution in [0.25, 0.3) is 0 Å². The molecule has 0 radical (unpaired) electrons. The number of hydrogen-bond acceptors (Lipinski definition) is 2. The van der Waals surface area contributed by atoms with E-state index in [2.05, 4.69) is 43.3 Å². The molecule has 0 spiro atoms. The van der Waals surface area contributed by atoms with Crippen molar-refractivity contribution < 1.29 is 4.74 Å². The molecule has 18 heavy (non-hydrogen) atoms. The molecule has 0 unspecified atom stereocenters. The second-order valence-electron chi connectivity index (χ2n) is 5.43. The van der Waals surface area contributed by atoms with Gasteiger partial charge in [0.05, 0.1) is 0 Å². The summed E-state index contributed by atoms with van der Waals surface area (Å²) >= 11 is 0. The Labute approximate surface area is 110 Å². The molecular formula is C16H21NO. The number of ether oxygens (including phenoxy) is 1. The lowest BCUT2D eigenvalue weighted by molar-refractivity contribution is 0.137. The van der Waals surface area contributed by atoms with E-state index in [1.54, 1.807) is 0 Å². The minimum Gasteiger partial charge on any atom is -0.487 e. The SMILES string of the molecule is C#CCCCNCc1cccc2c1OC(C)(C)C2. The van der Waals surface area contributed by atoms with Crippen LogP contribution in [0.2, 0.25) is 0 Å². The molecule has 1 heterocycles. The molecule has 0 bridgehead atoms. The zero-order valence-corrected chi connectivity index (χ0v) is 11.3. The van der Waals surface area contributed by atoms with Gasteiger partial charge in [0.2, 0.25) is 0 Å². The molecule has 0 amide bonds. The zero-order chi connectivity index (χ0) is 13.0. The van der Waals surface area contributed by atoms with E-state index in [-0.39, 0.29) is 5.60 Å². The molecule has 1 aliphatic rings. The van der Waals surface area contributed by atoms with Gasteiger partial charge < -0.3 is 10.1 Å². The van der Waals surface area contributed by atoms with Gasteiger partial charge in [-0.15, -0.1) is 12.3 Å². The largest absolute Gasteiger partial charge is 0.487 e. The van der Waals surface area contributed by atoms with Gasteiger partial charge in [0.15, 0.2) is 0 Å². The van der Waals surface area contributed by atoms with Crippen molar-refractivity contribution in [3.63, 3.8) is 0 Å². The Morgan fingerprint density at radius 2 is 2.28 bits per heavy atom. The second-order valence-corrected chi connectivity index (χ2v) is 5.43. The highest BCUT2D eigenvalue weighted by Gasteiger charge is 2.31. The first-order chi connectivity index (χ1) is 8.62. The first-order valence-electron chi connectivity index (χ1n) is 6.56. The molecule has 0 fully saturated rings. The monoisotopic (exact) mass is 243 g/mol. The minimum absolute atomic E-state index is 0.0676. The highest BCUT2D eigenvalue weighted by Crippen LogP contribution is 2.37. The smallest absolute Gasteiger partial charge is 0.127 e. The average molecular weight is 243 g/mol. The summed E-state index contributed by atoms with van der Waals surface area (Å²) in [6, 6.07) is 6.41. The van der Waals surface area contributed by atoms with Crippen LogP contribution in [0, 0.1) is 12.3 Å². The van der Waals surface area contributed by atoms with Gasteiger partial charge in [0, 0.05) is 24.9 Å². The van der Waals surface area contributed by atoms with Gasteiger partial charge in [0.25, 0.3) is 0 Å². The molecule has 2 rings (SSSR count). The number of para-hydroxylation sites is 1. The van der Waals surface area contributed by atoms with E-state index in [1.165, 1.54) is 11.1 Å². The fourth-order valence-corrected chi connectivity index (χ4v) is 2.36. The lowest BCUT2D eigenvalue weighted by atomic mass is 10.0. The standard InChI is InChI=1S/C16H21NO/c1-4-5-6-10-17-12-14-9-7-8-13-11-16(2,3)18-15(13)14/h1,7-9,17H,5-6,10-12H2,2-3H3. The van der Waals surface area contributed by atoms with Crippen LogP contribution < -0.4 is 10.1 Å². The Kier molecular flexibility index (Phi) is 3.93. The van der Waals surface area contributed by atoms with E-state index in [4.69, 9.17) is 11.2 Å². The number of hydrogen-bond donors (Lipinski definition) is 1. The first kappa shape index (κ1) is 13.0. The van der Waals surface area contributed by atoms with Crippen molar-refractivity contribution in [2.75, 3.05) is 6.54 Å². The summed E-state index contributed by atoms with van der Waals surface area (Å²) < 4.78 is 6.03. The van der Waals surface area contributed by atoms with Crippen LogP contribution in [0.15, 0.2) is 18.2 Å². The molecule has 1 aromatic carbocycles. The Morgan fingerprint density at radius 3 is 3.06 bits per heavy atom.